The summed E-state index contributed by atoms with van der Waals surface area (Å²) < 4.78 is 0. The monoisotopic (exact) mass is 216 g/mol. The highest BCUT2D eigenvalue weighted by Crippen LogP contribution is 2.17. The molecule has 0 aliphatic carbocycles. The van der Waals surface area contributed by atoms with Gasteiger partial charge in [0.25, 0.3) is 0 Å². The lowest BCUT2D eigenvalue weighted by molar-refractivity contribution is 0.134. The molecule has 0 aromatic heterocycles. The number of aliphatic hydroxyl groups excluding tert-OH is 2. The Morgan fingerprint density at radius 3 is 1.87 bits per heavy atom. The summed E-state index contributed by atoms with van der Waals surface area (Å²) in [6.45, 7) is 6.84. The molecule has 15 heavy (non-hydrogen) atoms. The van der Waals surface area contributed by atoms with Gasteiger partial charge in [-0.25, -0.2) is 0 Å². The molecule has 3 atom stereocenters. The molecule has 0 saturated carbocycles. The summed E-state index contributed by atoms with van der Waals surface area (Å²) in [6, 6.07) is 0. The van der Waals surface area contributed by atoms with Crippen LogP contribution >= 0.6 is 0 Å². The van der Waals surface area contributed by atoms with Crippen molar-refractivity contribution in [3.05, 3.63) is 0 Å². The number of aliphatic hydroxyl groups is 2. The third-order valence-electron chi connectivity index (χ3n) is 3.30. The van der Waals surface area contributed by atoms with E-state index in [9.17, 15) is 5.11 Å². The predicted octanol–water partition coefficient (Wildman–Crippen LogP) is 2.97. The van der Waals surface area contributed by atoms with Crippen LogP contribution in [0.3, 0.4) is 0 Å². The highest BCUT2D eigenvalue weighted by Gasteiger charge is 2.09. The number of hydrogen-bond donors (Lipinski definition) is 2. The second-order valence-corrected chi connectivity index (χ2v) is 4.94. The molecule has 0 saturated heterocycles. The first-order valence-electron chi connectivity index (χ1n) is 6.39. The Morgan fingerprint density at radius 1 is 0.867 bits per heavy atom. The Kier molecular flexibility index (Phi) is 9.12. The standard InChI is InChI=1S/C13H28O2/c1-4-11(2)5-7-13(15)8-6-12(3)9-10-14/h11-15H,4-10H2,1-3H3. The van der Waals surface area contributed by atoms with E-state index in [0.717, 1.165) is 38.0 Å². The fourth-order valence-electron chi connectivity index (χ4n) is 1.67. The van der Waals surface area contributed by atoms with Gasteiger partial charge in [-0.2, -0.15) is 0 Å². The van der Waals surface area contributed by atoms with Gasteiger partial charge in [-0.3, -0.25) is 0 Å². The fraction of sp³-hybridized carbons (Fsp3) is 1.00. The van der Waals surface area contributed by atoms with Gasteiger partial charge in [-0.05, 0) is 43.9 Å². The molecule has 0 aliphatic rings. The summed E-state index contributed by atoms with van der Waals surface area (Å²) in [5, 5.41) is 18.5. The number of hydrogen-bond acceptors (Lipinski definition) is 2. The Labute approximate surface area is 94.7 Å². The first-order valence-corrected chi connectivity index (χ1v) is 6.39. The van der Waals surface area contributed by atoms with Crippen molar-refractivity contribution in [3.63, 3.8) is 0 Å². The first kappa shape index (κ1) is 14.9. The summed E-state index contributed by atoms with van der Waals surface area (Å²) in [7, 11) is 0. The molecule has 2 heteroatoms. The molecule has 0 radical (unpaired) electrons. The van der Waals surface area contributed by atoms with E-state index in [1.54, 1.807) is 0 Å². The number of rotatable bonds is 9. The molecule has 0 amide bonds. The predicted molar refractivity (Wildman–Crippen MR) is 64.8 cm³/mol. The van der Waals surface area contributed by atoms with E-state index in [-0.39, 0.29) is 12.7 Å². The molecule has 3 unspecified atom stereocenters. The van der Waals surface area contributed by atoms with Crippen LogP contribution in [0, 0.1) is 11.8 Å². The fourth-order valence-corrected chi connectivity index (χ4v) is 1.67. The van der Waals surface area contributed by atoms with Crippen LogP contribution in [0.1, 0.15) is 59.3 Å². The van der Waals surface area contributed by atoms with E-state index in [1.807, 2.05) is 0 Å². The van der Waals surface area contributed by atoms with E-state index in [4.69, 9.17) is 5.11 Å². The van der Waals surface area contributed by atoms with Crippen molar-refractivity contribution < 1.29 is 10.2 Å². The zero-order chi connectivity index (χ0) is 11.7. The van der Waals surface area contributed by atoms with Gasteiger partial charge in [0.05, 0.1) is 6.10 Å². The molecule has 2 N–H and O–H groups in total. The van der Waals surface area contributed by atoms with Crippen LogP contribution in [0.5, 0.6) is 0 Å². The Morgan fingerprint density at radius 2 is 1.40 bits per heavy atom. The lowest BCUT2D eigenvalue weighted by atomic mass is 9.95. The molecule has 0 aliphatic heterocycles. The van der Waals surface area contributed by atoms with Crippen LogP contribution in [0.2, 0.25) is 0 Å². The van der Waals surface area contributed by atoms with Crippen LogP contribution < -0.4 is 0 Å². The van der Waals surface area contributed by atoms with Gasteiger partial charge in [0.1, 0.15) is 0 Å². The third-order valence-corrected chi connectivity index (χ3v) is 3.30. The quantitative estimate of drug-likeness (QED) is 0.622. The summed E-state index contributed by atoms with van der Waals surface area (Å²) in [6.07, 6.45) is 5.90. The van der Waals surface area contributed by atoms with Gasteiger partial charge >= 0.3 is 0 Å². The lowest BCUT2D eigenvalue weighted by Gasteiger charge is -2.15. The van der Waals surface area contributed by atoms with Crippen LogP contribution in [-0.2, 0) is 0 Å². The smallest absolute Gasteiger partial charge is 0.0540 e. The average Bonchev–Trinajstić information content (AvgIpc) is 2.23. The Bertz CT molecular complexity index is 136. The maximum atomic E-state index is 9.75. The maximum absolute atomic E-state index is 9.75. The minimum Gasteiger partial charge on any atom is -0.396 e. The molecule has 0 aromatic rings. The average molecular weight is 216 g/mol. The van der Waals surface area contributed by atoms with Gasteiger partial charge in [0.15, 0.2) is 0 Å². The first-order chi connectivity index (χ1) is 7.10. The van der Waals surface area contributed by atoms with E-state index in [0.29, 0.717) is 5.92 Å². The molecule has 0 heterocycles. The van der Waals surface area contributed by atoms with Gasteiger partial charge in [0, 0.05) is 6.61 Å². The molecule has 0 spiro atoms. The molecular formula is C13H28O2. The molecule has 0 aromatic carbocycles. The van der Waals surface area contributed by atoms with E-state index in [1.165, 1.54) is 6.42 Å². The van der Waals surface area contributed by atoms with E-state index >= 15 is 0 Å². The van der Waals surface area contributed by atoms with Crippen LogP contribution in [-0.4, -0.2) is 22.9 Å². The zero-order valence-corrected chi connectivity index (χ0v) is 10.6. The van der Waals surface area contributed by atoms with Crippen molar-refractivity contribution >= 4 is 0 Å². The summed E-state index contributed by atoms with van der Waals surface area (Å²) >= 11 is 0. The minimum atomic E-state index is -0.139. The van der Waals surface area contributed by atoms with E-state index in [2.05, 4.69) is 20.8 Å². The van der Waals surface area contributed by atoms with Crippen molar-refractivity contribution in [2.75, 3.05) is 6.61 Å². The van der Waals surface area contributed by atoms with Gasteiger partial charge in [0.2, 0.25) is 0 Å². The Hall–Kier alpha value is -0.0800. The minimum absolute atomic E-state index is 0.139. The van der Waals surface area contributed by atoms with Crippen molar-refractivity contribution in [2.24, 2.45) is 11.8 Å². The normalized spacial score (nSPS) is 17.4. The van der Waals surface area contributed by atoms with Crippen LogP contribution in [0.4, 0.5) is 0 Å². The molecule has 0 fully saturated rings. The largest absolute Gasteiger partial charge is 0.396 e. The molecule has 0 rings (SSSR count). The summed E-state index contributed by atoms with van der Waals surface area (Å²) in [4.78, 5) is 0. The summed E-state index contributed by atoms with van der Waals surface area (Å²) in [5.74, 6) is 1.27. The zero-order valence-electron chi connectivity index (χ0n) is 10.6. The van der Waals surface area contributed by atoms with Crippen molar-refractivity contribution in [2.45, 2.75) is 65.4 Å². The van der Waals surface area contributed by atoms with Crippen LogP contribution in [0.15, 0.2) is 0 Å². The van der Waals surface area contributed by atoms with Crippen molar-refractivity contribution in [1.82, 2.24) is 0 Å². The SMILES string of the molecule is CCC(C)CCC(O)CCC(C)CCO. The Balaban J connectivity index is 3.44. The molecule has 0 bridgehead atoms. The van der Waals surface area contributed by atoms with Crippen LogP contribution in [0.25, 0.3) is 0 Å². The van der Waals surface area contributed by atoms with Crippen molar-refractivity contribution in [1.29, 1.82) is 0 Å². The van der Waals surface area contributed by atoms with E-state index < -0.39 is 0 Å². The highest BCUT2D eigenvalue weighted by molar-refractivity contribution is 4.62. The van der Waals surface area contributed by atoms with Gasteiger partial charge in [-0.1, -0.05) is 27.2 Å². The highest BCUT2D eigenvalue weighted by atomic mass is 16.3. The second-order valence-electron chi connectivity index (χ2n) is 4.94. The third kappa shape index (κ3) is 8.88. The topological polar surface area (TPSA) is 40.5 Å². The lowest BCUT2D eigenvalue weighted by Crippen LogP contribution is -2.11. The molecule has 92 valence electrons. The maximum Gasteiger partial charge on any atom is 0.0540 e. The molecular weight excluding hydrogens is 188 g/mol. The second kappa shape index (κ2) is 9.17. The van der Waals surface area contributed by atoms with Crippen molar-refractivity contribution in [3.8, 4) is 0 Å². The van der Waals surface area contributed by atoms with Gasteiger partial charge in [-0.15, -0.1) is 0 Å². The summed E-state index contributed by atoms with van der Waals surface area (Å²) in [5.41, 5.74) is 0. The van der Waals surface area contributed by atoms with Gasteiger partial charge < -0.3 is 10.2 Å². The molecule has 2 nitrogen and oxygen atoms in total.